The molecule has 0 aromatic carbocycles. The SMILES string of the molecule is c1cncc(-c2cccnc2-c2cccnc2)c1.n1p[nH][pH][nH][pH]1. The monoisotopic (exact) mass is 372 g/mol. The van der Waals surface area contributed by atoms with Gasteiger partial charge in [0.1, 0.15) is 8.51 Å². The van der Waals surface area contributed by atoms with Gasteiger partial charge in [-0.05, 0) is 24.3 Å². The van der Waals surface area contributed by atoms with Crippen molar-refractivity contribution in [2.45, 2.75) is 0 Å². The lowest BCUT2D eigenvalue weighted by Crippen LogP contribution is -1.89. The molecule has 0 bridgehead atoms. The van der Waals surface area contributed by atoms with Gasteiger partial charge in [0.2, 0.25) is 0 Å². The third-order valence-electron chi connectivity index (χ3n) is 3.04. The van der Waals surface area contributed by atoms with Crippen LogP contribution in [-0.4, -0.2) is 28.5 Å². The largest absolute Gasteiger partial charge is 0.313 e. The number of hydrogen-bond acceptors (Lipinski definition) is 4. The van der Waals surface area contributed by atoms with Crippen LogP contribution in [0.3, 0.4) is 0 Å². The third kappa shape index (κ3) is 4.62. The Morgan fingerprint density at radius 3 is 2.17 bits per heavy atom. The summed E-state index contributed by atoms with van der Waals surface area (Å²) in [5, 5.41) is 0. The van der Waals surface area contributed by atoms with Crippen molar-refractivity contribution in [3.63, 3.8) is 0 Å². The highest BCUT2D eigenvalue weighted by atomic mass is 31.1. The first kappa shape index (κ1) is 16.6. The fourth-order valence-corrected chi connectivity index (χ4v) is 4.70. The first-order valence-electron chi connectivity index (χ1n) is 7.11. The molecule has 0 saturated heterocycles. The molecule has 2 unspecified atom stereocenters. The Hall–Kier alpha value is -2.25. The predicted molar refractivity (Wildman–Crippen MR) is 103 cm³/mol. The summed E-state index contributed by atoms with van der Waals surface area (Å²) in [6.07, 6.45) is 8.99. The van der Waals surface area contributed by atoms with Gasteiger partial charge in [-0.1, -0.05) is 12.1 Å². The highest BCUT2D eigenvalue weighted by molar-refractivity contribution is 7.43. The number of aromatic amines is 2. The van der Waals surface area contributed by atoms with Crippen LogP contribution in [0.2, 0.25) is 0 Å². The highest BCUT2D eigenvalue weighted by Crippen LogP contribution is 2.28. The normalized spacial score (nSPS) is 10.7. The molecule has 2 N–H and O–H groups in total. The second-order valence-corrected chi connectivity index (χ2v) is 7.92. The smallest absolute Gasteiger partial charge is 0.138 e. The van der Waals surface area contributed by atoms with E-state index < -0.39 is 0 Å². The standard InChI is InChI=1S/C15H11N3.H4N3P3/c1-4-12(10-16-7-1)14-6-3-9-18-15(14)13-5-2-8-17-11-13;1-4-2-6-3-5-1/h1-11H;1,4-5H,(H,2,3). The number of nitrogens with one attached hydrogen (secondary N) is 2. The van der Waals surface area contributed by atoms with Crippen LogP contribution in [0.1, 0.15) is 0 Å². The molecule has 0 fully saturated rings. The van der Waals surface area contributed by atoms with Gasteiger partial charge in [0.15, 0.2) is 0 Å². The van der Waals surface area contributed by atoms with Crippen LogP contribution in [0.15, 0.2) is 67.4 Å². The maximum Gasteiger partial charge on any atom is 0.138 e. The molecule has 6 nitrogen and oxygen atoms in total. The van der Waals surface area contributed by atoms with E-state index in [1.807, 2.05) is 48.8 Å². The topological polar surface area (TPSA) is 83.1 Å². The molecule has 0 aliphatic rings. The lowest BCUT2D eigenvalue weighted by molar-refractivity contribution is 1.27. The molecule has 4 rings (SSSR count). The molecule has 0 amide bonds. The summed E-state index contributed by atoms with van der Waals surface area (Å²) in [4.78, 5) is 12.8. The van der Waals surface area contributed by atoms with Gasteiger partial charge in [0.05, 0.1) is 5.69 Å². The van der Waals surface area contributed by atoms with Crippen LogP contribution in [-0.2, 0) is 0 Å². The summed E-state index contributed by atoms with van der Waals surface area (Å²) < 4.78 is 10.0. The number of pyridine rings is 3. The molecule has 4 aromatic rings. The fourth-order valence-electron chi connectivity index (χ4n) is 2.05. The van der Waals surface area contributed by atoms with Crippen molar-refractivity contribution in [1.29, 1.82) is 0 Å². The van der Waals surface area contributed by atoms with E-state index in [2.05, 4.69) is 28.5 Å². The molecule has 0 aliphatic carbocycles. The molecular formula is C15H15N6P3. The molecule has 24 heavy (non-hydrogen) atoms. The summed E-state index contributed by atoms with van der Waals surface area (Å²) in [7, 11) is 2.36. The second kappa shape index (κ2) is 9.14. The van der Waals surface area contributed by atoms with E-state index >= 15 is 0 Å². The van der Waals surface area contributed by atoms with Crippen molar-refractivity contribution in [2.75, 3.05) is 0 Å². The lowest BCUT2D eigenvalue weighted by Gasteiger charge is -2.07. The first-order valence-corrected chi connectivity index (χ1v) is 9.90. The van der Waals surface area contributed by atoms with Gasteiger partial charge in [-0.15, -0.1) is 0 Å². The van der Waals surface area contributed by atoms with Crippen LogP contribution >= 0.6 is 25.5 Å². The van der Waals surface area contributed by atoms with Crippen molar-refractivity contribution < 1.29 is 0 Å². The molecule has 0 spiro atoms. The van der Waals surface area contributed by atoms with Crippen LogP contribution in [0.5, 0.6) is 0 Å². The zero-order chi connectivity index (χ0) is 16.5. The highest BCUT2D eigenvalue weighted by Gasteiger charge is 2.07. The Morgan fingerprint density at radius 2 is 1.62 bits per heavy atom. The Bertz CT molecular complexity index is 780. The molecule has 2 atom stereocenters. The van der Waals surface area contributed by atoms with Crippen molar-refractivity contribution in [2.24, 2.45) is 0 Å². The number of aromatic nitrogens is 6. The minimum atomic E-state index is 0.614. The van der Waals surface area contributed by atoms with Crippen LogP contribution in [0, 0.1) is 0 Å². The molecule has 4 heterocycles. The Labute approximate surface area is 144 Å². The first-order chi connectivity index (χ1) is 11.9. The van der Waals surface area contributed by atoms with Gasteiger partial charge in [-0.2, -0.15) is 4.51 Å². The quantitative estimate of drug-likeness (QED) is 0.534. The zero-order valence-corrected chi connectivity index (χ0v) is 15.5. The van der Waals surface area contributed by atoms with Crippen molar-refractivity contribution >= 4 is 25.5 Å². The second-order valence-electron chi connectivity index (χ2n) is 4.56. The van der Waals surface area contributed by atoms with Gasteiger partial charge in [-0.3, -0.25) is 15.0 Å². The summed E-state index contributed by atoms with van der Waals surface area (Å²) >= 11 is 0. The van der Waals surface area contributed by atoms with Gasteiger partial charge in [0.25, 0.3) is 0 Å². The van der Waals surface area contributed by atoms with Crippen LogP contribution in [0.25, 0.3) is 22.4 Å². The Kier molecular flexibility index (Phi) is 6.33. The van der Waals surface area contributed by atoms with Crippen molar-refractivity contribution in [3.05, 3.63) is 67.4 Å². The van der Waals surface area contributed by atoms with Crippen molar-refractivity contribution in [3.8, 4) is 22.4 Å². The lowest BCUT2D eigenvalue weighted by atomic mass is 10.0. The van der Waals surface area contributed by atoms with Gasteiger partial charge in [-0.25, -0.2) is 0 Å². The third-order valence-corrected chi connectivity index (χ3v) is 5.63. The molecule has 0 aliphatic heterocycles. The average Bonchev–Trinajstić information content (AvgIpc) is 2.71. The summed E-state index contributed by atoms with van der Waals surface area (Å²) in [6, 6.07) is 11.9. The molecule has 0 radical (unpaired) electrons. The van der Waals surface area contributed by atoms with Crippen LogP contribution in [0.4, 0.5) is 0 Å². The van der Waals surface area contributed by atoms with E-state index in [0.717, 1.165) is 30.9 Å². The van der Waals surface area contributed by atoms with Gasteiger partial charge < -0.3 is 9.02 Å². The minimum Gasteiger partial charge on any atom is -0.313 e. The Balaban J connectivity index is 0.000000238. The number of nitrogens with zero attached hydrogens (tertiary/aromatic N) is 4. The Morgan fingerprint density at radius 1 is 0.875 bits per heavy atom. The average molecular weight is 372 g/mol. The fraction of sp³-hybridized carbons (Fsp3) is 0. The van der Waals surface area contributed by atoms with E-state index in [0.29, 0.717) is 17.0 Å². The van der Waals surface area contributed by atoms with Crippen molar-refractivity contribution in [1.82, 2.24) is 28.5 Å². The molecule has 0 saturated carbocycles. The molecule has 120 valence electrons. The van der Waals surface area contributed by atoms with Crippen LogP contribution < -0.4 is 0 Å². The maximum atomic E-state index is 4.46. The number of hydrogen-bond donors (Lipinski definition) is 2. The van der Waals surface area contributed by atoms with E-state index in [4.69, 9.17) is 0 Å². The molecule has 9 heteroatoms. The van der Waals surface area contributed by atoms with E-state index in [9.17, 15) is 0 Å². The maximum absolute atomic E-state index is 4.46. The van der Waals surface area contributed by atoms with E-state index in [1.54, 1.807) is 18.6 Å². The summed E-state index contributed by atoms with van der Waals surface area (Å²) in [5.41, 5.74) is 4.07. The van der Waals surface area contributed by atoms with Gasteiger partial charge in [0, 0.05) is 64.7 Å². The number of rotatable bonds is 2. The molecular weight excluding hydrogens is 357 g/mol. The van der Waals surface area contributed by atoms with Gasteiger partial charge >= 0.3 is 0 Å². The zero-order valence-electron chi connectivity index (χ0n) is 12.6. The number of H-pyrrole nitrogens is 2. The predicted octanol–water partition coefficient (Wildman–Crippen LogP) is 4.71. The molecule has 4 aromatic heterocycles. The minimum absolute atomic E-state index is 0.614. The summed E-state index contributed by atoms with van der Waals surface area (Å²) in [5.74, 6) is 0. The van der Waals surface area contributed by atoms with E-state index in [1.165, 1.54) is 0 Å². The van der Waals surface area contributed by atoms with E-state index in [-0.39, 0.29) is 0 Å². The summed E-state index contributed by atoms with van der Waals surface area (Å²) in [6.45, 7) is 0.